The summed E-state index contributed by atoms with van der Waals surface area (Å²) in [6.45, 7) is -0.0954. The van der Waals surface area contributed by atoms with Gasteiger partial charge in [0.15, 0.2) is 11.9 Å². The molecule has 20 heteroatoms. The van der Waals surface area contributed by atoms with Crippen molar-refractivity contribution >= 4 is 41.5 Å². The predicted molar refractivity (Wildman–Crippen MR) is 96.7 cm³/mol. The number of phosphoric acid groups is 3. The maximum absolute atomic E-state index is 15.1. The van der Waals surface area contributed by atoms with Crippen molar-refractivity contribution in [3.05, 3.63) is 17.0 Å². The zero-order valence-electron chi connectivity index (χ0n) is 14.8. The van der Waals surface area contributed by atoms with E-state index in [0.717, 1.165) is 11.5 Å². The molecule has 7 N–H and O–H groups in total. The Bertz CT molecular complexity index is 1000. The summed E-state index contributed by atoms with van der Waals surface area (Å²) in [6.07, 6.45) is -3.85. The lowest BCUT2D eigenvalue weighted by molar-refractivity contribution is -0.0593. The zero-order valence-corrected chi connectivity index (χ0v) is 18.3. The fourth-order valence-corrected chi connectivity index (χ4v) is 5.72. The number of nitrogens with two attached hydrogens (primary N) is 1. The maximum atomic E-state index is 15.1. The molecule has 1 aromatic heterocycles. The molecule has 0 radical (unpaired) electrons. The molecule has 1 aliphatic heterocycles. The number of anilines is 1. The van der Waals surface area contributed by atoms with Crippen molar-refractivity contribution in [2.75, 3.05) is 12.3 Å². The third-order valence-corrected chi connectivity index (χ3v) is 7.74. The molecular formula is C10H17FN3O12P3S. The molecule has 2 rings (SSSR count). The van der Waals surface area contributed by atoms with E-state index in [1.165, 1.54) is 12.3 Å². The number of halogens is 1. The van der Waals surface area contributed by atoms with Crippen molar-refractivity contribution in [2.45, 2.75) is 31.0 Å². The molecule has 2 heterocycles. The van der Waals surface area contributed by atoms with Crippen molar-refractivity contribution < 1.29 is 60.6 Å². The van der Waals surface area contributed by atoms with E-state index in [9.17, 15) is 23.7 Å². The molecule has 0 spiro atoms. The van der Waals surface area contributed by atoms with Gasteiger partial charge >= 0.3 is 23.5 Å². The van der Waals surface area contributed by atoms with E-state index in [4.69, 9.17) is 37.4 Å². The summed E-state index contributed by atoms with van der Waals surface area (Å²) in [7, 11) is -16.8. The standard InChI is InChI=1S/C10H17FN3O12P3S/c1-10(11)7(15)5(24-8(10)14-3-2-6(12)13-9(14)30)4-23-28(19,20)26-29(21,22)25-27(16,17)18/h2-3,5,7-8,15H,4H2,1H3,(H,19,20)(H,21,22)(H2,12,13,30)(H2,16,17,18). The van der Waals surface area contributed by atoms with E-state index in [-0.39, 0.29) is 10.6 Å². The van der Waals surface area contributed by atoms with Crippen molar-refractivity contribution in [3.63, 3.8) is 0 Å². The Balaban J connectivity index is 2.12. The number of phosphoric ester groups is 1. The maximum Gasteiger partial charge on any atom is 0.490 e. The summed E-state index contributed by atoms with van der Waals surface area (Å²) in [4.78, 5) is 39.2. The number of nitrogen functional groups attached to an aromatic ring is 1. The van der Waals surface area contributed by atoms with Gasteiger partial charge in [0.25, 0.3) is 0 Å². The number of hydrogen-bond donors (Lipinski definition) is 6. The van der Waals surface area contributed by atoms with E-state index in [1.54, 1.807) is 0 Å². The minimum atomic E-state index is -5.73. The second kappa shape index (κ2) is 8.71. The summed E-state index contributed by atoms with van der Waals surface area (Å²) in [5, 5.41) is 10.2. The van der Waals surface area contributed by atoms with Gasteiger partial charge in [0.2, 0.25) is 4.77 Å². The van der Waals surface area contributed by atoms with Gasteiger partial charge in [-0.15, -0.1) is 0 Å². The highest BCUT2D eigenvalue weighted by atomic mass is 32.1. The van der Waals surface area contributed by atoms with E-state index >= 15 is 4.39 Å². The van der Waals surface area contributed by atoms with Crippen LogP contribution in [0.5, 0.6) is 0 Å². The molecule has 0 saturated carbocycles. The molecule has 6 atom stereocenters. The molecule has 172 valence electrons. The van der Waals surface area contributed by atoms with Crippen LogP contribution in [-0.2, 0) is 31.6 Å². The first kappa shape index (κ1) is 25.6. The highest BCUT2D eigenvalue weighted by Gasteiger charge is 2.55. The minimum Gasteiger partial charge on any atom is -0.387 e. The van der Waals surface area contributed by atoms with E-state index in [1.807, 2.05) is 0 Å². The van der Waals surface area contributed by atoms with Crippen LogP contribution in [0, 0.1) is 4.77 Å². The topological polar surface area (TPSA) is 233 Å². The van der Waals surface area contributed by atoms with Crippen molar-refractivity contribution in [1.29, 1.82) is 0 Å². The SMILES string of the molecule is CC1(F)C(O)C(COP(=O)(O)OP(=O)(O)OP(=O)(O)O)OC1n1ccc(N)nc1=S. The normalized spacial score (nSPS) is 31.2. The van der Waals surface area contributed by atoms with Gasteiger partial charge in [0.1, 0.15) is 18.0 Å². The van der Waals surface area contributed by atoms with Crippen LogP contribution in [-0.4, -0.2) is 58.7 Å². The van der Waals surface area contributed by atoms with Crippen LogP contribution in [0.2, 0.25) is 0 Å². The Morgan fingerprint density at radius 3 is 2.43 bits per heavy atom. The van der Waals surface area contributed by atoms with Crippen LogP contribution in [0.25, 0.3) is 0 Å². The van der Waals surface area contributed by atoms with Crippen molar-refractivity contribution in [3.8, 4) is 0 Å². The molecular weight excluding hydrogens is 498 g/mol. The lowest BCUT2D eigenvalue weighted by atomic mass is 9.98. The first-order valence-corrected chi connectivity index (χ1v) is 12.5. The second-order valence-corrected chi connectivity index (χ2v) is 10.8. The Labute approximate surface area is 172 Å². The first-order valence-electron chi connectivity index (χ1n) is 7.59. The largest absolute Gasteiger partial charge is 0.490 e. The highest BCUT2D eigenvalue weighted by molar-refractivity contribution is 7.71. The number of ether oxygens (including phenoxy) is 1. The number of aromatic nitrogens is 2. The van der Waals surface area contributed by atoms with Gasteiger partial charge in [0, 0.05) is 6.20 Å². The number of aliphatic hydroxyl groups excluding tert-OH is 1. The Kier molecular flexibility index (Phi) is 7.44. The molecule has 0 aliphatic carbocycles. The first-order chi connectivity index (χ1) is 13.4. The fourth-order valence-electron chi connectivity index (χ4n) is 2.43. The summed E-state index contributed by atoms with van der Waals surface area (Å²) in [5.74, 6) is 0.0413. The van der Waals surface area contributed by atoms with Crippen LogP contribution >= 0.6 is 35.7 Å². The molecule has 0 amide bonds. The van der Waals surface area contributed by atoms with Crippen molar-refractivity contribution in [2.24, 2.45) is 0 Å². The molecule has 1 aromatic rings. The number of hydrogen-bond acceptors (Lipinski definition) is 11. The molecule has 1 aliphatic rings. The number of aliphatic hydroxyl groups is 1. The van der Waals surface area contributed by atoms with Crippen molar-refractivity contribution in [1.82, 2.24) is 9.55 Å². The van der Waals surface area contributed by atoms with Crippen LogP contribution in [0.1, 0.15) is 13.2 Å². The molecule has 15 nitrogen and oxygen atoms in total. The number of rotatable bonds is 8. The minimum absolute atomic E-state index is 0.0413. The highest BCUT2D eigenvalue weighted by Crippen LogP contribution is 2.66. The van der Waals surface area contributed by atoms with Gasteiger partial charge in [-0.1, -0.05) is 0 Å². The summed E-state index contributed by atoms with van der Waals surface area (Å²) >= 11 is 4.95. The number of alkyl halides is 1. The Morgan fingerprint density at radius 2 is 1.90 bits per heavy atom. The molecule has 0 aromatic carbocycles. The smallest absolute Gasteiger partial charge is 0.387 e. The zero-order chi connectivity index (χ0) is 23.1. The second-order valence-electron chi connectivity index (χ2n) is 6.05. The van der Waals surface area contributed by atoms with Gasteiger partial charge in [0.05, 0.1) is 6.61 Å². The average Bonchev–Trinajstić information content (AvgIpc) is 2.73. The Hall–Kier alpha value is -0.640. The quantitative estimate of drug-likeness (QED) is 0.205. The lowest BCUT2D eigenvalue weighted by Crippen LogP contribution is -2.40. The average molecular weight is 515 g/mol. The van der Waals surface area contributed by atoms with Gasteiger partial charge in [-0.2, -0.15) is 8.62 Å². The van der Waals surface area contributed by atoms with Gasteiger partial charge in [-0.25, -0.2) is 23.1 Å². The van der Waals surface area contributed by atoms with Gasteiger partial charge < -0.3 is 35.2 Å². The summed E-state index contributed by atoms with van der Waals surface area (Å²) < 4.78 is 66.3. The monoisotopic (exact) mass is 515 g/mol. The summed E-state index contributed by atoms with van der Waals surface area (Å²) in [5.41, 5.74) is 2.96. The van der Waals surface area contributed by atoms with Gasteiger partial charge in [-0.05, 0) is 25.2 Å². The predicted octanol–water partition coefficient (Wildman–Crippen LogP) is 0.525. The molecule has 30 heavy (non-hydrogen) atoms. The summed E-state index contributed by atoms with van der Waals surface area (Å²) in [6, 6.07) is 1.28. The third kappa shape index (κ3) is 6.43. The molecule has 1 saturated heterocycles. The number of nitrogens with zero attached hydrogens (tertiary/aromatic N) is 2. The van der Waals surface area contributed by atoms with Crippen LogP contribution in [0.3, 0.4) is 0 Å². The third-order valence-electron chi connectivity index (χ3n) is 3.64. The fraction of sp³-hybridized carbons (Fsp3) is 0.600. The van der Waals surface area contributed by atoms with E-state index < -0.39 is 54.2 Å². The molecule has 0 bridgehead atoms. The van der Waals surface area contributed by atoms with Crippen LogP contribution in [0.15, 0.2) is 12.3 Å². The van der Waals surface area contributed by atoms with Crippen LogP contribution < -0.4 is 5.73 Å². The molecule has 1 fully saturated rings. The molecule has 6 unspecified atom stereocenters. The van der Waals surface area contributed by atoms with Gasteiger partial charge in [-0.3, -0.25) is 9.09 Å². The van der Waals surface area contributed by atoms with Crippen LogP contribution in [0.4, 0.5) is 10.2 Å². The lowest BCUT2D eigenvalue weighted by Gasteiger charge is -2.25. The Morgan fingerprint density at radius 1 is 1.30 bits per heavy atom. The van der Waals surface area contributed by atoms with E-state index in [0.29, 0.717) is 0 Å². The van der Waals surface area contributed by atoms with E-state index in [2.05, 4.69) is 18.1 Å².